The maximum atomic E-state index is 13.0. The predicted molar refractivity (Wildman–Crippen MR) is 60.1 cm³/mol. The summed E-state index contributed by atoms with van der Waals surface area (Å²) < 4.78 is 71.9. The largest absolute Gasteiger partial charge is 0.419 e. The van der Waals surface area contributed by atoms with Gasteiger partial charge in [0.1, 0.15) is 15.7 Å². The highest BCUT2D eigenvalue weighted by Crippen LogP contribution is 2.32. The number of benzene rings is 1. The van der Waals surface area contributed by atoms with E-state index in [1.165, 1.54) is 0 Å². The third kappa shape index (κ3) is 4.62. The molecule has 1 aromatic carbocycles. The van der Waals surface area contributed by atoms with Gasteiger partial charge in [-0.25, -0.2) is 12.8 Å². The van der Waals surface area contributed by atoms with Crippen LogP contribution in [-0.4, -0.2) is 26.2 Å². The van der Waals surface area contributed by atoms with E-state index in [2.05, 4.69) is 0 Å². The quantitative estimate of drug-likeness (QED) is 0.634. The lowest BCUT2D eigenvalue weighted by Gasteiger charge is -2.09. The van der Waals surface area contributed by atoms with E-state index in [1.54, 1.807) is 0 Å². The third-order valence-corrected chi connectivity index (χ3v) is 3.24. The molecule has 0 aliphatic heterocycles. The summed E-state index contributed by atoms with van der Waals surface area (Å²) in [5.41, 5.74) is -1.91. The van der Waals surface area contributed by atoms with E-state index in [4.69, 9.17) is 0 Å². The highest BCUT2D eigenvalue weighted by molar-refractivity contribution is 7.90. The standard InChI is InChI=1S/C11H10F4O3S/c1-19(17,18)5-4-10(16)7-2-3-9(12)8(6-7)11(13,14)15/h2-3,6H,4-5H2,1H3. The van der Waals surface area contributed by atoms with Crippen molar-refractivity contribution >= 4 is 15.6 Å². The van der Waals surface area contributed by atoms with Crippen LogP contribution < -0.4 is 0 Å². The van der Waals surface area contributed by atoms with Crippen LogP contribution in [0, 0.1) is 5.82 Å². The Morgan fingerprint density at radius 1 is 1.26 bits per heavy atom. The Labute approximate surface area is 107 Å². The molecular weight excluding hydrogens is 288 g/mol. The Kier molecular flexibility index (Phi) is 4.34. The number of alkyl halides is 3. The minimum Gasteiger partial charge on any atom is -0.294 e. The minimum atomic E-state index is -4.91. The molecule has 1 aromatic rings. The molecule has 0 spiro atoms. The van der Waals surface area contributed by atoms with Crippen molar-refractivity contribution in [3.63, 3.8) is 0 Å². The highest BCUT2D eigenvalue weighted by Gasteiger charge is 2.34. The summed E-state index contributed by atoms with van der Waals surface area (Å²) >= 11 is 0. The molecule has 0 saturated heterocycles. The molecule has 0 fully saturated rings. The van der Waals surface area contributed by atoms with Crippen LogP contribution in [0.1, 0.15) is 22.3 Å². The van der Waals surface area contributed by atoms with Crippen molar-refractivity contribution in [2.75, 3.05) is 12.0 Å². The van der Waals surface area contributed by atoms with Gasteiger partial charge >= 0.3 is 6.18 Å². The van der Waals surface area contributed by atoms with Gasteiger partial charge in [0.25, 0.3) is 0 Å². The van der Waals surface area contributed by atoms with Gasteiger partial charge < -0.3 is 0 Å². The Balaban J connectivity index is 3.00. The molecule has 1 rings (SSSR count). The van der Waals surface area contributed by atoms with E-state index < -0.39 is 45.4 Å². The number of carbonyl (C=O) groups is 1. The van der Waals surface area contributed by atoms with Crippen molar-refractivity contribution in [2.45, 2.75) is 12.6 Å². The van der Waals surface area contributed by atoms with Crippen LogP contribution >= 0.6 is 0 Å². The van der Waals surface area contributed by atoms with Gasteiger partial charge in [0, 0.05) is 18.2 Å². The summed E-state index contributed by atoms with van der Waals surface area (Å²) in [4.78, 5) is 11.5. The topological polar surface area (TPSA) is 51.2 Å². The van der Waals surface area contributed by atoms with Gasteiger partial charge in [-0.3, -0.25) is 4.79 Å². The van der Waals surface area contributed by atoms with Crippen LogP contribution in [0.3, 0.4) is 0 Å². The number of Topliss-reactive ketones (excluding diaryl/α,β-unsaturated/α-hetero) is 1. The van der Waals surface area contributed by atoms with Crippen LogP contribution in [-0.2, 0) is 16.0 Å². The van der Waals surface area contributed by atoms with Crippen molar-refractivity contribution in [2.24, 2.45) is 0 Å². The van der Waals surface area contributed by atoms with Gasteiger partial charge in [0.05, 0.1) is 11.3 Å². The molecular formula is C11H10F4O3S. The average molecular weight is 298 g/mol. The fourth-order valence-corrected chi connectivity index (χ4v) is 1.89. The van der Waals surface area contributed by atoms with E-state index >= 15 is 0 Å². The number of halogens is 4. The summed E-state index contributed by atoms with van der Waals surface area (Å²) in [6, 6.07) is 1.83. The molecule has 0 amide bonds. The normalized spacial score (nSPS) is 12.5. The zero-order chi connectivity index (χ0) is 14.8. The van der Waals surface area contributed by atoms with Crippen LogP contribution in [0.15, 0.2) is 18.2 Å². The molecule has 8 heteroatoms. The van der Waals surface area contributed by atoms with Gasteiger partial charge in [-0.1, -0.05) is 0 Å². The molecule has 0 bridgehead atoms. The number of sulfone groups is 1. The van der Waals surface area contributed by atoms with Crippen LogP contribution in [0.25, 0.3) is 0 Å². The van der Waals surface area contributed by atoms with Crippen molar-refractivity contribution in [3.8, 4) is 0 Å². The molecule has 0 atom stereocenters. The molecule has 0 radical (unpaired) electrons. The maximum Gasteiger partial charge on any atom is 0.419 e. The first kappa shape index (κ1) is 15.6. The number of rotatable bonds is 4. The molecule has 0 aliphatic carbocycles. The average Bonchev–Trinajstić information content (AvgIpc) is 2.24. The predicted octanol–water partition coefficient (Wildman–Crippen LogP) is 2.46. The van der Waals surface area contributed by atoms with Crippen LogP contribution in [0.4, 0.5) is 17.6 Å². The second kappa shape index (κ2) is 5.28. The zero-order valence-corrected chi connectivity index (χ0v) is 10.6. The van der Waals surface area contributed by atoms with Crippen molar-refractivity contribution in [1.29, 1.82) is 0 Å². The molecule has 0 saturated carbocycles. The fourth-order valence-electron chi connectivity index (χ4n) is 1.34. The Morgan fingerprint density at radius 2 is 1.84 bits per heavy atom. The molecule has 106 valence electrons. The van der Waals surface area contributed by atoms with Crippen molar-refractivity contribution in [1.82, 2.24) is 0 Å². The summed E-state index contributed by atoms with van der Waals surface area (Å²) in [7, 11) is -3.39. The van der Waals surface area contributed by atoms with E-state index in [0.29, 0.717) is 12.1 Å². The Morgan fingerprint density at radius 3 is 2.32 bits per heavy atom. The van der Waals surface area contributed by atoms with Gasteiger partial charge in [-0.15, -0.1) is 0 Å². The van der Waals surface area contributed by atoms with E-state index in [-0.39, 0.29) is 5.56 Å². The first-order valence-corrected chi connectivity index (χ1v) is 7.14. The van der Waals surface area contributed by atoms with Gasteiger partial charge in [0.2, 0.25) is 0 Å². The number of hydrogen-bond donors (Lipinski definition) is 0. The van der Waals surface area contributed by atoms with Crippen molar-refractivity contribution in [3.05, 3.63) is 35.1 Å². The van der Waals surface area contributed by atoms with Gasteiger partial charge in [-0.05, 0) is 18.2 Å². The second-order valence-electron chi connectivity index (χ2n) is 4.00. The highest BCUT2D eigenvalue weighted by atomic mass is 32.2. The second-order valence-corrected chi connectivity index (χ2v) is 6.26. The smallest absolute Gasteiger partial charge is 0.294 e. The van der Waals surface area contributed by atoms with E-state index in [9.17, 15) is 30.8 Å². The molecule has 3 nitrogen and oxygen atoms in total. The lowest BCUT2D eigenvalue weighted by molar-refractivity contribution is -0.140. The fraction of sp³-hybridized carbons (Fsp3) is 0.364. The van der Waals surface area contributed by atoms with Crippen LogP contribution in [0.2, 0.25) is 0 Å². The van der Waals surface area contributed by atoms with Crippen molar-refractivity contribution < 1.29 is 30.8 Å². The SMILES string of the molecule is CS(=O)(=O)CCC(=O)c1ccc(F)c(C(F)(F)F)c1. The monoisotopic (exact) mass is 298 g/mol. The minimum absolute atomic E-state index is 0.364. The summed E-state index contributed by atoms with van der Waals surface area (Å²) in [5.74, 6) is -2.73. The molecule has 0 heterocycles. The zero-order valence-electron chi connectivity index (χ0n) is 9.79. The Bertz CT molecular complexity index is 590. The van der Waals surface area contributed by atoms with Gasteiger partial charge in [0.15, 0.2) is 5.78 Å². The van der Waals surface area contributed by atoms with E-state index in [0.717, 1.165) is 12.3 Å². The number of ketones is 1. The first-order valence-electron chi connectivity index (χ1n) is 5.08. The number of hydrogen-bond acceptors (Lipinski definition) is 3. The first-order chi connectivity index (χ1) is 8.50. The summed E-state index contributed by atoms with van der Waals surface area (Å²) in [5, 5.41) is 0. The Hall–Kier alpha value is -1.44. The summed E-state index contributed by atoms with van der Waals surface area (Å²) in [6.45, 7) is 0. The van der Waals surface area contributed by atoms with E-state index in [1.807, 2.05) is 0 Å². The molecule has 0 aromatic heterocycles. The van der Waals surface area contributed by atoms with Gasteiger partial charge in [-0.2, -0.15) is 13.2 Å². The lowest BCUT2D eigenvalue weighted by atomic mass is 10.0. The molecule has 0 aliphatic rings. The molecule has 0 N–H and O–H groups in total. The third-order valence-electron chi connectivity index (χ3n) is 2.29. The lowest BCUT2D eigenvalue weighted by Crippen LogP contribution is -2.13. The number of carbonyl (C=O) groups excluding carboxylic acids is 1. The molecule has 0 unspecified atom stereocenters. The molecule has 19 heavy (non-hydrogen) atoms. The summed E-state index contributed by atoms with van der Waals surface area (Å²) in [6.07, 6.45) is -4.44. The maximum absolute atomic E-state index is 13.0. The van der Waals surface area contributed by atoms with Crippen LogP contribution in [0.5, 0.6) is 0 Å².